The third-order valence-electron chi connectivity index (χ3n) is 6.13. The molecule has 2 fully saturated rings. The highest BCUT2D eigenvalue weighted by Crippen LogP contribution is 2.42. The second-order valence-electron chi connectivity index (χ2n) is 7.71. The zero-order valence-corrected chi connectivity index (χ0v) is 15.3. The molecule has 2 nitrogen and oxygen atoms in total. The molecule has 0 atom stereocenters. The van der Waals surface area contributed by atoms with Gasteiger partial charge in [0.05, 0.1) is 6.61 Å². The molecule has 0 radical (unpaired) electrons. The van der Waals surface area contributed by atoms with Gasteiger partial charge in [0.25, 0.3) is 0 Å². The summed E-state index contributed by atoms with van der Waals surface area (Å²) in [7, 11) is 0. The van der Waals surface area contributed by atoms with Gasteiger partial charge in [-0.2, -0.15) is 0 Å². The maximum absolute atomic E-state index is 11.4. The Labute approximate surface area is 143 Å². The van der Waals surface area contributed by atoms with E-state index in [-0.39, 0.29) is 5.97 Å². The van der Waals surface area contributed by atoms with E-state index in [9.17, 15) is 4.79 Å². The van der Waals surface area contributed by atoms with E-state index >= 15 is 0 Å². The van der Waals surface area contributed by atoms with Gasteiger partial charge in [0.2, 0.25) is 0 Å². The van der Waals surface area contributed by atoms with Crippen LogP contribution in [0.4, 0.5) is 0 Å². The van der Waals surface area contributed by atoms with Crippen LogP contribution in [0.25, 0.3) is 0 Å². The molecular formula is C21H36O2. The van der Waals surface area contributed by atoms with Crippen molar-refractivity contribution >= 4 is 5.97 Å². The first-order valence-corrected chi connectivity index (χ1v) is 10.1. The Morgan fingerprint density at radius 3 is 2.13 bits per heavy atom. The van der Waals surface area contributed by atoms with Crippen LogP contribution in [0, 0.1) is 23.7 Å². The standard InChI is InChI=1S/C21H36O2/c1-3-5-6-17-7-12-19(13-8-17)20-14-9-18(10-15-20)11-16-21(22)23-4-2/h11,16-20H,3-10,12-15H2,1-2H3/t17-,18-,19-,20-. The fourth-order valence-electron chi connectivity index (χ4n) is 4.65. The molecular weight excluding hydrogens is 284 g/mol. The Hall–Kier alpha value is -0.790. The van der Waals surface area contributed by atoms with Crippen molar-refractivity contribution < 1.29 is 9.53 Å². The zero-order chi connectivity index (χ0) is 16.5. The van der Waals surface area contributed by atoms with Crippen molar-refractivity contribution in [2.24, 2.45) is 23.7 Å². The van der Waals surface area contributed by atoms with Gasteiger partial charge in [-0.15, -0.1) is 0 Å². The molecule has 0 heterocycles. The lowest BCUT2D eigenvalue weighted by Crippen LogP contribution is -2.25. The molecule has 0 aromatic carbocycles. The number of hydrogen-bond donors (Lipinski definition) is 0. The topological polar surface area (TPSA) is 26.3 Å². The molecule has 0 unspecified atom stereocenters. The summed E-state index contributed by atoms with van der Waals surface area (Å²) in [5.74, 6) is 3.38. The number of carbonyl (C=O) groups is 1. The third-order valence-corrected chi connectivity index (χ3v) is 6.13. The lowest BCUT2D eigenvalue weighted by atomic mass is 9.68. The molecule has 2 aliphatic rings. The van der Waals surface area contributed by atoms with Crippen LogP contribution in [0.2, 0.25) is 0 Å². The Balaban J connectivity index is 1.66. The fourth-order valence-corrected chi connectivity index (χ4v) is 4.65. The van der Waals surface area contributed by atoms with Gasteiger partial charge in [-0.05, 0) is 69.1 Å². The minimum Gasteiger partial charge on any atom is -0.463 e. The molecule has 0 aromatic rings. The average molecular weight is 321 g/mol. The Kier molecular flexibility index (Phi) is 8.19. The van der Waals surface area contributed by atoms with Gasteiger partial charge < -0.3 is 4.74 Å². The number of ether oxygens (including phenoxy) is 1. The van der Waals surface area contributed by atoms with Crippen molar-refractivity contribution in [1.29, 1.82) is 0 Å². The maximum Gasteiger partial charge on any atom is 0.330 e. The van der Waals surface area contributed by atoms with E-state index in [1.54, 1.807) is 6.08 Å². The van der Waals surface area contributed by atoms with E-state index in [2.05, 4.69) is 13.0 Å². The quantitative estimate of drug-likeness (QED) is 0.430. The van der Waals surface area contributed by atoms with E-state index in [1.807, 2.05) is 6.92 Å². The molecule has 23 heavy (non-hydrogen) atoms. The molecule has 0 amide bonds. The molecule has 2 rings (SSSR count). The normalized spacial score (nSPS) is 32.1. The van der Waals surface area contributed by atoms with Gasteiger partial charge in [-0.1, -0.05) is 45.1 Å². The van der Waals surface area contributed by atoms with Crippen LogP contribution in [0.3, 0.4) is 0 Å². The van der Waals surface area contributed by atoms with Gasteiger partial charge in [0, 0.05) is 6.08 Å². The van der Waals surface area contributed by atoms with Crippen molar-refractivity contribution in [2.75, 3.05) is 6.61 Å². The van der Waals surface area contributed by atoms with E-state index < -0.39 is 0 Å². The summed E-state index contributed by atoms with van der Waals surface area (Å²) >= 11 is 0. The Bertz CT molecular complexity index is 358. The third kappa shape index (κ3) is 6.31. The largest absolute Gasteiger partial charge is 0.463 e. The Morgan fingerprint density at radius 1 is 0.957 bits per heavy atom. The SMILES string of the molecule is CCCC[C@H]1CC[C@H]([C@H]2CC[C@H](C=CC(=O)OCC)CC2)CC1. The first-order valence-electron chi connectivity index (χ1n) is 10.1. The molecule has 132 valence electrons. The van der Waals surface area contributed by atoms with E-state index in [1.165, 1.54) is 70.6 Å². The second-order valence-corrected chi connectivity index (χ2v) is 7.71. The maximum atomic E-state index is 11.4. The van der Waals surface area contributed by atoms with Gasteiger partial charge in [-0.25, -0.2) is 4.79 Å². The minimum atomic E-state index is -0.181. The van der Waals surface area contributed by atoms with Gasteiger partial charge >= 0.3 is 5.97 Å². The molecule has 0 aromatic heterocycles. The first kappa shape index (κ1) is 18.5. The summed E-state index contributed by atoms with van der Waals surface area (Å²) in [6, 6.07) is 0. The highest BCUT2D eigenvalue weighted by atomic mass is 16.5. The van der Waals surface area contributed by atoms with Crippen LogP contribution >= 0.6 is 0 Å². The summed E-state index contributed by atoms with van der Waals surface area (Å²) in [5, 5.41) is 0. The molecule has 2 heteroatoms. The second kappa shape index (κ2) is 10.2. The van der Waals surface area contributed by atoms with Crippen LogP contribution in [-0.4, -0.2) is 12.6 Å². The molecule has 2 aliphatic carbocycles. The first-order chi connectivity index (χ1) is 11.2. The molecule has 0 aliphatic heterocycles. The smallest absolute Gasteiger partial charge is 0.330 e. The number of hydrogen-bond acceptors (Lipinski definition) is 2. The monoisotopic (exact) mass is 320 g/mol. The average Bonchev–Trinajstić information content (AvgIpc) is 2.59. The van der Waals surface area contributed by atoms with Crippen LogP contribution in [0.5, 0.6) is 0 Å². The molecule has 0 N–H and O–H groups in total. The van der Waals surface area contributed by atoms with Gasteiger partial charge in [0.1, 0.15) is 0 Å². The summed E-state index contributed by atoms with van der Waals surface area (Å²) in [6.07, 6.45) is 19.1. The van der Waals surface area contributed by atoms with E-state index in [0.29, 0.717) is 12.5 Å². The zero-order valence-electron chi connectivity index (χ0n) is 15.3. The van der Waals surface area contributed by atoms with E-state index in [0.717, 1.165) is 17.8 Å². The van der Waals surface area contributed by atoms with Crippen molar-refractivity contribution in [3.05, 3.63) is 12.2 Å². The van der Waals surface area contributed by atoms with Crippen molar-refractivity contribution in [3.8, 4) is 0 Å². The summed E-state index contributed by atoms with van der Waals surface area (Å²) < 4.78 is 4.96. The number of unbranched alkanes of at least 4 members (excludes halogenated alkanes) is 1. The summed E-state index contributed by atoms with van der Waals surface area (Å²) in [5.41, 5.74) is 0. The summed E-state index contributed by atoms with van der Waals surface area (Å²) in [6.45, 7) is 4.63. The fraction of sp³-hybridized carbons (Fsp3) is 0.857. The molecule has 0 saturated heterocycles. The van der Waals surface area contributed by atoms with Crippen molar-refractivity contribution in [1.82, 2.24) is 0 Å². The molecule has 0 bridgehead atoms. The highest BCUT2D eigenvalue weighted by molar-refractivity contribution is 5.81. The molecule has 0 spiro atoms. The van der Waals surface area contributed by atoms with Crippen molar-refractivity contribution in [2.45, 2.75) is 84.5 Å². The lowest BCUT2D eigenvalue weighted by Gasteiger charge is -2.37. The van der Waals surface area contributed by atoms with Gasteiger partial charge in [0.15, 0.2) is 0 Å². The lowest BCUT2D eigenvalue weighted by molar-refractivity contribution is -0.137. The minimum absolute atomic E-state index is 0.181. The van der Waals surface area contributed by atoms with Crippen molar-refractivity contribution in [3.63, 3.8) is 0 Å². The van der Waals surface area contributed by atoms with Crippen LogP contribution in [0.15, 0.2) is 12.2 Å². The number of rotatable bonds is 7. The van der Waals surface area contributed by atoms with Crippen LogP contribution in [0.1, 0.15) is 84.5 Å². The summed E-state index contributed by atoms with van der Waals surface area (Å²) in [4.78, 5) is 11.4. The predicted octanol–water partition coefficient (Wildman–Crippen LogP) is 5.91. The van der Waals surface area contributed by atoms with Crippen LogP contribution in [-0.2, 0) is 9.53 Å². The van der Waals surface area contributed by atoms with Gasteiger partial charge in [-0.3, -0.25) is 0 Å². The highest BCUT2D eigenvalue weighted by Gasteiger charge is 2.30. The Morgan fingerprint density at radius 2 is 1.57 bits per heavy atom. The number of esters is 1. The number of carbonyl (C=O) groups excluding carboxylic acids is 1. The molecule has 2 saturated carbocycles. The van der Waals surface area contributed by atoms with Crippen LogP contribution < -0.4 is 0 Å². The van der Waals surface area contributed by atoms with E-state index in [4.69, 9.17) is 4.74 Å². The number of allylic oxidation sites excluding steroid dienone is 1. The predicted molar refractivity (Wildman–Crippen MR) is 96.2 cm³/mol.